The number of carbonyl (C=O) groups excluding carboxylic acids is 4. The highest BCUT2D eigenvalue weighted by atomic mass is 16.6. The molecule has 0 saturated heterocycles. The Hall–Kier alpha value is -5.09. The lowest BCUT2D eigenvalue weighted by atomic mass is 9.94. The molecule has 22 nitrogen and oxygen atoms in total. The molecule has 0 radical (unpaired) electrons. The molecule has 0 aromatic heterocycles. The van der Waals surface area contributed by atoms with E-state index in [-0.39, 0.29) is 95.6 Å². The Morgan fingerprint density at radius 1 is 0.309 bits per heavy atom. The number of amides is 1. The van der Waals surface area contributed by atoms with Crippen LogP contribution in [-0.2, 0) is 57.3 Å². The molecule has 0 rings (SSSR count). The van der Waals surface area contributed by atoms with Gasteiger partial charge in [-0.1, -0.05) is 336 Å². The third-order valence-electron chi connectivity index (χ3n) is 21.4. The fourth-order valence-corrected chi connectivity index (χ4v) is 14.7. The number of hydrogen-bond acceptors (Lipinski definition) is 16. The van der Waals surface area contributed by atoms with Crippen molar-refractivity contribution in [1.29, 1.82) is 0 Å². The highest BCUT2D eigenvalue weighted by molar-refractivity contribution is 5.75. The Labute approximate surface area is 667 Å². The first-order valence-electron chi connectivity index (χ1n) is 45.1. The van der Waals surface area contributed by atoms with Crippen LogP contribution in [0.1, 0.15) is 407 Å². The number of aliphatic carboxylic acids is 5. The first kappa shape index (κ1) is 105. The fourth-order valence-electron chi connectivity index (χ4n) is 14.7. The SMILES string of the molecule is CCCCCCCCCCCCCCC(CCCCCCCCCCCCCC)C(=O)OCC(COC(=O)CCCCCOC(=O)NCCCCC(C(=O)O)N(CCN(CC(=O)O)CC(=O)O)CCN(CC(=O)O)CC(=O)O)OC(=O)C(CCCCCCCCCCCCCC)CCCCCCCCCCCCCC. The number of esters is 3. The monoisotopic (exact) mass is 1570 g/mol. The summed E-state index contributed by atoms with van der Waals surface area (Å²) >= 11 is 0. The van der Waals surface area contributed by atoms with E-state index in [1.54, 1.807) is 0 Å². The Kier molecular flexibility index (Phi) is 74.2. The first-order chi connectivity index (χ1) is 53.4. The molecule has 644 valence electrons. The zero-order valence-electron chi connectivity index (χ0n) is 70.4. The third-order valence-corrected chi connectivity index (χ3v) is 21.4. The van der Waals surface area contributed by atoms with Crippen LogP contribution < -0.4 is 5.32 Å². The van der Waals surface area contributed by atoms with Crippen molar-refractivity contribution in [1.82, 2.24) is 20.0 Å². The van der Waals surface area contributed by atoms with Gasteiger partial charge in [-0.15, -0.1) is 0 Å². The van der Waals surface area contributed by atoms with Crippen LogP contribution in [0.25, 0.3) is 0 Å². The van der Waals surface area contributed by atoms with E-state index in [4.69, 9.17) is 18.9 Å². The van der Waals surface area contributed by atoms with Crippen molar-refractivity contribution in [3.63, 3.8) is 0 Å². The second-order valence-electron chi connectivity index (χ2n) is 31.7. The average Bonchev–Trinajstić information content (AvgIpc) is 0.887. The van der Waals surface area contributed by atoms with Crippen LogP contribution in [0.5, 0.6) is 0 Å². The van der Waals surface area contributed by atoms with Crippen molar-refractivity contribution in [3.05, 3.63) is 0 Å². The number of unbranched alkanes of at least 4 members (excludes halogenated alkanes) is 47. The van der Waals surface area contributed by atoms with Crippen LogP contribution in [-0.4, -0.2) is 185 Å². The van der Waals surface area contributed by atoms with Crippen LogP contribution >= 0.6 is 0 Å². The van der Waals surface area contributed by atoms with Gasteiger partial charge in [0.2, 0.25) is 0 Å². The van der Waals surface area contributed by atoms with Gasteiger partial charge in [0, 0.05) is 39.1 Å². The van der Waals surface area contributed by atoms with Gasteiger partial charge in [-0.25, -0.2) is 4.79 Å². The topological polar surface area (TPSA) is 313 Å². The zero-order chi connectivity index (χ0) is 81.0. The van der Waals surface area contributed by atoms with Gasteiger partial charge in [-0.05, 0) is 64.2 Å². The Balaban J connectivity index is 6.14. The van der Waals surface area contributed by atoms with Gasteiger partial charge in [0.15, 0.2) is 6.10 Å². The maximum absolute atomic E-state index is 14.5. The van der Waals surface area contributed by atoms with Crippen molar-refractivity contribution in [2.45, 2.75) is 419 Å². The van der Waals surface area contributed by atoms with E-state index in [0.717, 1.165) is 113 Å². The third kappa shape index (κ3) is 69.6. The molecule has 0 spiro atoms. The molecule has 6 N–H and O–H groups in total. The van der Waals surface area contributed by atoms with Gasteiger partial charge in [0.05, 0.1) is 44.6 Å². The van der Waals surface area contributed by atoms with Gasteiger partial charge < -0.3 is 49.8 Å². The number of hydrogen-bond donors (Lipinski definition) is 6. The summed E-state index contributed by atoms with van der Waals surface area (Å²) in [5.74, 6) is -8.09. The van der Waals surface area contributed by atoms with Crippen molar-refractivity contribution in [3.8, 4) is 0 Å². The quantitative estimate of drug-likeness (QED) is 0.0187. The molecular formula is C88H164N4O18. The van der Waals surface area contributed by atoms with Crippen LogP contribution in [0.3, 0.4) is 0 Å². The number of nitrogens with zero attached hydrogens (tertiary/aromatic N) is 3. The molecule has 2 atom stereocenters. The lowest BCUT2D eigenvalue weighted by Crippen LogP contribution is -2.50. The summed E-state index contributed by atoms with van der Waals surface area (Å²) in [6.45, 7) is 5.61. The number of carbonyl (C=O) groups is 9. The molecule has 0 saturated carbocycles. The predicted octanol–water partition coefficient (Wildman–Crippen LogP) is 20.7. The Morgan fingerprint density at radius 2 is 0.600 bits per heavy atom. The summed E-state index contributed by atoms with van der Waals surface area (Å²) < 4.78 is 23.8. The summed E-state index contributed by atoms with van der Waals surface area (Å²) in [5, 5.41) is 50.4. The van der Waals surface area contributed by atoms with E-state index < -0.39 is 80.2 Å². The summed E-state index contributed by atoms with van der Waals surface area (Å²) in [6, 6.07) is -1.21. The highest BCUT2D eigenvalue weighted by Crippen LogP contribution is 2.26. The number of alkyl carbamates (subject to hydrolysis) is 1. The molecule has 0 aromatic carbocycles. The van der Waals surface area contributed by atoms with Gasteiger partial charge in [0.1, 0.15) is 19.3 Å². The highest BCUT2D eigenvalue weighted by Gasteiger charge is 2.30. The summed E-state index contributed by atoms with van der Waals surface area (Å²) in [5.41, 5.74) is 0. The second-order valence-corrected chi connectivity index (χ2v) is 31.7. The minimum Gasteiger partial charge on any atom is -0.480 e. The Bertz CT molecular complexity index is 2120. The molecule has 0 bridgehead atoms. The Morgan fingerprint density at radius 3 is 0.918 bits per heavy atom. The number of carboxylic acids is 5. The first-order valence-corrected chi connectivity index (χ1v) is 45.1. The molecule has 0 fully saturated rings. The maximum Gasteiger partial charge on any atom is 0.407 e. The van der Waals surface area contributed by atoms with E-state index in [9.17, 15) is 68.7 Å². The van der Waals surface area contributed by atoms with Crippen molar-refractivity contribution in [2.75, 3.05) is 78.7 Å². The smallest absolute Gasteiger partial charge is 0.407 e. The maximum atomic E-state index is 14.5. The van der Waals surface area contributed by atoms with Crippen LogP contribution in [0.2, 0.25) is 0 Å². The zero-order valence-corrected chi connectivity index (χ0v) is 70.4. The number of rotatable bonds is 86. The minimum absolute atomic E-state index is 0.0303. The van der Waals surface area contributed by atoms with E-state index >= 15 is 0 Å². The fraction of sp³-hybridized carbons (Fsp3) is 0.898. The van der Waals surface area contributed by atoms with E-state index in [1.807, 2.05) is 0 Å². The lowest BCUT2D eigenvalue weighted by molar-refractivity contribution is -0.171. The average molecular weight is 1570 g/mol. The summed E-state index contributed by atoms with van der Waals surface area (Å²) in [6.07, 6.45) is 62.5. The molecule has 0 aliphatic carbocycles. The normalized spacial score (nSPS) is 12.2. The largest absolute Gasteiger partial charge is 0.480 e. The van der Waals surface area contributed by atoms with Gasteiger partial charge in [-0.3, -0.25) is 53.1 Å². The van der Waals surface area contributed by atoms with E-state index in [1.165, 1.54) is 236 Å². The van der Waals surface area contributed by atoms with Crippen molar-refractivity contribution in [2.24, 2.45) is 11.8 Å². The molecule has 0 aliphatic heterocycles. The molecule has 0 aliphatic rings. The van der Waals surface area contributed by atoms with Crippen LogP contribution in [0.15, 0.2) is 0 Å². The van der Waals surface area contributed by atoms with Crippen molar-refractivity contribution < 1.29 is 87.6 Å². The molecule has 1 amide bonds. The standard InChI is InChI=1S/C88H164N4O18/c1-5-9-13-17-21-25-29-33-37-41-45-50-58-76(59-51-46-42-38-34-30-26-22-18-14-10-6-2)86(104)109-75-78(110-87(105)77(60-52-47-43-39-35-31-27-23-19-15-11-7-3)61-53-48-44-40-36-32-28-24-20-16-12-8-4)74-108-84(101)63-54-49-57-69-107-88(106)89-64-56-55-62-79(85(102)103)92(67-65-90(70-80(93)94)71-81(95)96)68-66-91(72-82(97)98)73-83(99)100/h76-79H,5-75H2,1-4H3,(H,89,106)(H,93,94)(H,95,96)(H,97,98)(H,99,100)(H,102,103). The summed E-state index contributed by atoms with van der Waals surface area (Å²) in [4.78, 5) is 117. The van der Waals surface area contributed by atoms with E-state index in [0.29, 0.717) is 25.7 Å². The number of ether oxygens (including phenoxy) is 4. The van der Waals surface area contributed by atoms with Gasteiger partial charge in [-0.2, -0.15) is 0 Å². The van der Waals surface area contributed by atoms with E-state index in [2.05, 4.69) is 33.0 Å². The number of nitrogens with one attached hydrogen (secondary N) is 1. The van der Waals surface area contributed by atoms with Crippen LogP contribution in [0.4, 0.5) is 4.79 Å². The second kappa shape index (κ2) is 77.8. The molecule has 110 heavy (non-hydrogen) atoms. The molecule has 2 unspecified atom stereocenters. The van der Waals surface area contributed by atoms with Crippen LogP contribution in [0, 0.1) is 11.8 Å². The summed E-state index contributed by atoms with van der Waals surface area (Å²) in [7, 11) is 0. The van der Waals surface area contributed by atoms with Crippen molar-refractivity contribution >= 4 is 53.8 Å². The molecule has 0 heterocycles. The lowest BCUT2D eigenvalue weighted by Gasteiger charge is -2.32. The number of carboxylic acid groups (broad SMARTS) is 5. The predicted molar refractivity (Wildman–Crippen MR) is 440 cm³/mol. The minimum atomic E-state index is -1.30. The molecule has 0 aromatic rings. The molecular weight excluding hydrogens is 1400 g/mol. The van der Waals surface area contributed by atoms with Gasteiger partial charge in [0.25, 0.3) is 0 Å². The molecule has 22 heteroatoms. The van der Waals surface area contributed by atoms with Gasteiger partial charge >= 0.3 is 53.8 Å².